The van der Waals surface area contributed by atoms with Crippen molar-refractivity contribution in [1.29, 1.82) is 0 Å². The fourth-order valence-electron chi connectivity index (χ4n) is 1.46. The van der Waals surface area contributed by atoms with Crippen LogP contribution in [0.15, 0.2) is 44.9 Å². The van der Waals surface area contributed by atoms with Gasteiger partial charge in [-0.2, -0.15) is 5.10 Å². The SMILES string of the molecule is C[C@H](N)c1ccc(Sc2cnn(C)c2)c(Br)c1. The van der Waals surface area contributed by atoms with Gasteiger partial charge in [0.1, 0.15) is 0 Å². The van der Waals surface area contributed by atoms with Crippen LogP contribution in [0.4, 0.5) is 0 Å². The van der Waals surface area contributed by atoms with Crippen molar-refractivity contribution in [2.24, 2.45) is 12.8 Å². The molecule has 0 saturated carbocycles. The summed E-state index contributed by atoms with van der Waals surface area (Å²) in [7, 11) is 1.91. The molecular weight excluding hydrogens is 298 g/mol. The van der Waals surface area contributed by atoms with Gasteiger partial charge in [0, 0.05) is 28.7 Å². The second-order valence-corrected chi connectivity index (χ2v) is 5.90. The van der Waals surface area contributed by atoms with E-state index >= 15 is 0 Å². The van der Waals surface area contributed by atoms with Crippen molar-refractivity contribution >= 4 is 27.7 Å². The highest BCUT2D eigenvalue weighted by Gasteiger charge is 2.07. The van der Waals surface area contributed by atoms with Crippen LogP contribution in [0.2, 0.25) is 0 Å². The van der Waals surface area contributed by atoms with Crippen molar-refractivity contribution in [3.8, 4) is 0 Å². The molecule has 1 atom stereocenters. The van der Waals surface area contributed by atoms with Gasteiger partial charge in [-0.15, -0.1) is 0 Å². The van der Waals surface area contributed by atoms with Crippen molar-refractivity contribution in [3.63, 3.8) is 0 Å². The Hall–Kier alpha value is -0.780. The first kappa shape index (κ1) is 12.7. The van der Waals surface area contributed by atoms with Crippen LogP contribution in [0, 0.1) is 0 Å². The molecule has 0 unspecified atom stereocenters. The van der Waals surface area contributed by atoms with Crippen LogP contribution in [0.25, 0.3) is 0 Å². The van der Waals surface area contributed by atoms with E-state index in [2.05, 4.69) is 39.2 Å². The Morgan fingerprint density at radius 2 is 2.24 bits per heavy atom. The zero-order chi connectivity index (χ0) is 12.4. The molecule has 1 aromatic carbocycles. The van der Waals surface area contributed by atoms with Gasteiger partial charge in [-0.25, -0.2) is 0 Å². The molecule has 0 spiro atoms. The average molecular weight is 312 g/mol. The molecule has 2 N–H and O–H groups in total. The lowest BCUT2D eigenvalue weighted by atomic mass is 10.1. The Morgan fingerprint density at radius 3 is 2.76 bits per heavy atom. The van der Waals surface area contributed by atoms with Gasteiger partial charge in [0.05, 0.1) is 11.1 Å². The standard InChI is InChI=1S/C12H14BrN3S/c1-8(14)9-3-4-12(11(13)5-9)17-10-6-15-16(2)7-10/h3-8H,14H2,1-2H3/t8-/m0/s1. The Labute approximate surface area is 114 Å². The third-order valence-corrected chi connectivity index (χ3v) is 4.33. The third-order valence-electron chi connectivity index (χ3n) is 2.39. The molecule has 3 nitrogen and oxygen atoms in total. The summed E-state index contributed by atoms with van der Waals surface area (Å²) in [6.45, 7) is 1.98. The summed E-state index contributed by atoms with van der Waals surface area (Å²) in [5.41, 5.74) is 6.98. The summed E-state index contributed by atoms with van der Waals surface area (Å²) in [4.78, 5) is 2.30. The van der Waals surface area contributed by atoms with E-state index in [9.17, 15) is 0 Å². The molecular formula is C12H14BrN3S. The first-order valence-electron chi connectivity index (χ1n) is 5.28. The number of aromatic nitrogens is 2. The van der Waals surface area contributed by atoms with Gasteiger partial charge in [0.2, 0.25) is 0 Å². The molecule has 0 saturated heterocycles. The van der Waals surface area contributed by atoms with E-state index in [1.807, 2.05) is 26.4 Å². The number of halogens is 1. The molecule has 1 aromatic heterocycles. The second-order valence-electron chi connectivity index (χ2n) is 3.93. The van der Waals surface area contributed by atoms with Gasteiger partial charge in [0.25, 0.3) is 0 Å². The maximum Gasteiger partial charge on any atom is 0.0629 e. The van der Waals surface area contributed by atoms with E-state index in [0.717, 1.165) is 14.9 Å². The number of benzene rings is 1. The van der Waals surface area contributed by atoms with E-state index in [4.69, 9.17) is 5.73 Å². The number of rotatable bonds is 3. The Morgan fingerprint density at radius 1 is 1.47 bits per heavy atom. The number of hydrogen-bond donors (Lipinski definition) is 1. The minimum atomic E-state index is 0.0590. The van der Waals surface area contributed by atoms with Gasteiger partial charge in [0.15, 0.2) is 0 Å². The first-order valence-corrected chi connectivity index (χ1v) is 6.89. The molecule has 0 fully saturated rings. The molecule has 5 heteroatoms. The van der Waals surface area contributed by atoms with Gasteiger partial charge >= 0.3 is 0 Å². The quantitative estimate of drug-likeness (QED) is 0.945. The van der Waals surface area contributed by atoms with Crippen molar-refractivity contribution in [3.05, 3.63) is 40.6 Å². The minimum absolute atomic E-state index is 0.0590. The monoisotopic (exact) mass is 311 g/mol. The highest BCUT2D eigenvalue weighted by atomic mass is 79.9. The smallest absolute Gasteiger partial charge is 0.0629 e. The Balaban J connectivity index is 2.22. The van der Waals surface area contributed by atoms with Crippen LogP contribution in [-0.2, 0) is 7.05 Å². The molecule has 0 aliphatic rings. The lowest BCUT2D eigenvalue weighted by molar-refractivity contribution is 0.766. The highest BCUT2D eigenvalue weighted by molar-refractivity contribution is 9.10. The van der Waals surface area contributed by atoms with Crippen molar-refractivity contribution in [2.75, 3.05) is 0 Å². The second kappa shape index (κ2) is 5.25. The van der Waals surface area contributed by atoms with Crippen LogP contribution < -0.4 is 5.73 Å². The number of hydrogen-bond acceptors (Lipinski definition) is 3. The summed E-state index contributed by atoms with van der Waals surface area (Å²) in [6.07, 6.45) is 3.85. The lowest BCUT2D eigenvalue weighted by Gasteiger charge is -2.08. The zero-order valence-electron chi connectivity index (χ0n) is 9.72. The summed E-state index contributed by atoms with van der Waals surface area (Å²) >= 11 is 5.26. The van der Waals surface area contributed by atoms with Crippen molar-refractivity contribution in [1.82, 2.24) is 9.78 Å². The van der Waals surface area contributed by atoms with E-state index in [-0.39, 0.29) is 6.04 Å². The van der Waals surface area contributed by atoms with Gasteiger partial charge < -0.3 is 5.73 Å². The summed E-state index contributed by atoms with van der Waals surface area (Å²) < 4.78 is 2.87. The fraction of sp³-hybridized carbons (Fsp3) is 0.250. The Bertz CT molecular complexity index is 522. The number of nitrogens with zero attached hydrogens (tertiary/aromatic N) is 2. The van der Waals surface area contributed by atoms with Gasteiger partial charge in [-0.1, -0.05) is 17.8 Å². The van der Waals surface area contributed by atoms with Crippen LogP contribution in [0.1, 0.15) is 18.5 Å². The molecule has 0 bridgehead atoms. The van der Waals surface area contributed by atoms with Gasteiger partial charge in [-0.3, -0.25) is 4.68 Å². The predicted molar refractivity (Wildman–Crippen MR) is 74.1 cm³/mol. The maximum atomic E-state index is 5.85. The molecule has 1 heterocycles. The summed E-state index contributed by atoms with van der Waals surface area (Å²) in [6, 6.07) is 6.28. The topological polar surface area (TPSA) is 43.8 Å². The summed E-state index contributed by atoms with van der Waals surface area (Å²) in [5, 5.41) is 4.15. The highest BCUT2D eigenvalue weighted by Crippen LogP contribution is 2.34. The minimum Gasteiger partial charge on any atom is -0.324 e. The summed E-state index contributed by atoms with van der Waals surface area (Å²) in [5.74, 6) is 0. The molecule has 90 valence electrons. The van der Waals surface area contributed by atoms with E-state index in [0.29, 0.717) is 0 Å². The average Bonchev–Trinajstić information content (AvgIpc) is 2.67. The molecule has 0 radical (unpaired) electrons. The fourth-order valence-corrected chi connectivity index (χ4v) is 2.95. The molecule has 2 aromatic rings. The number of nitrogens with two attached hydrogens (primary N) is 1. The lowest BCUT2D eigenvalue weighted by Crippen LogP contribution is -2.04. The van der Waals surface area contributed by atoms with E-state index in [1.165, 1.54) is 4.90 Å². The molecule has 2 rings (SSSR count). The molecule has 17 heavy (non-hydrogen) atoms. The predicted octanol–water partition coefficient (Wildman–Crippen LogP) is 3.35. The maximum absolute atomic E-state index is 5.85. The third kappa shape index (κ3) is 3.12. The van der Waals surface area contributed by atoms with Crippen LogP contribution in [0.5, 0.6) is 0 Å². The molecule has 0 aliphatic carbocycles. The van der Waals surface area contributed by atoms with Crippen molar-refractivity contribution < 1.29 is 0 Å². The van der Waals surface area contributed by atoms with Crippen molar-refractivity contribution in [2.45, 2.75) is 22.8 Å². The van der Waals surface area contributed by atoms with Crippen LogP contribution in [0.3, 0.4) is 0 Å². The Kier molecular flexibility index (Phi) is 3.91. The normalized spacial score (nSPS) is 12.7. The van der Waals surface area contributed by atoms with E-state index in [1.54, 1.807) is 16.4 Å². The molecule has 0 aliphatic heterocycles. The van der Waals surface area contributed by atoms with Crippen LogP contribution in [-0.4, -0.2) is 9.78 Å². The largest absolute Gasteiger partial charge is 0.324 e. The van der Waals surface area contributed by atoms with E-state index < -0.39 is 0 Å². The van der Waals surface area contributed by atoms with Gasteiger partial charge in [-0.05, 0) is 40.5 Å². The molecule has 0 amide bonds. The number of aryl methyl sites for hydroxylation is 1. The first-order chi connectivity index (χ1) is 8.06. The zero-order valence-corrected chi connectivity index (χ0v) is 12.1. The van der Waals surface area contributed by atoms with Crippen LogP contribution >= 0.6 is 27.7 Å².